The molecule has 1 atom stereocenters. The Morgan fingerprint density at radius 3 is 3.23 bits per heavy atom. The molecule has 13 heavy (non-hydrogen) atoms. The van der Waals surface area contributed by atoms with Crippen molar-refractivity contribution in [2.45, 2.75) is 25.8 Å². The zero-order chi connectivity index (χ0) is 9.26. The van der Waals surface area contributed by atoms with Crippen molar-refractivity contribution in [3.8, 4) is 0 Å². The molecule has 0 amide bonds. The highest BCUT2D eigenvalue weighted by Gasteiger charge is 2.29. The predicted octanol–water partition coefficient (Wildman–Crippen LogP) is 1.74. The van der Waals surface area contributed by atoms with Crippen LogP contribution in [-0.2, 0) is 0 Å². The first-order valence-corrected chi connectivity index (χ1v) is 4.48. The average molecular weight is 179 g/mol. The highest BCUT2D eigenvalue weighted by Crippen LogP contribution is 2.32. The summed E-state index contributed by atoms with van der Waals surface area (Å²) in [5.74, 6) is 0.709. The lowest BCUT2D eigenvalue weighted by atomic mass is 10.2. The number of hydrogen-bond acceptors (Lipinski definition) is 4. The summed E-state index contributed by atoms with van der Waals surface area (Å²) in [7, 11) is 0. The van der Waals surface area contributed by atoms with Crippen molar-refractivity contribution in [2.24, 2.45) is 0 Å². The lowest BCUT2D eigenvalue weighted by Crippen LogP contribution is -2.20. The van der Waals surface area contributed by atoms with E-state index >= 15 is 0 Å². The van der Waals surface area contributed by atoms with Crippen LogP contribution in [0.3, 0.4) is 0 Å². The van der Waals surface area contributed by atoms with E-state index in [0.29, 0.717) is 5.89 Å². The van der Waals surface area contributed by atoms with E-state index in [-0.39, 0.29) is 6.04 Å². The first kappa shape index (κ1) is 8.29. The molecule has 0 spiro atoms. The summed E-state index contributed by atoms with van der Waals surface area (Å²) in [5.41, 5.74) is 1.07. The van der Waals surface area contributed by atoms with Gasteiger partial charge in [0.25, 0.3) is 0 Å². The molecule has 0 unspecified atom stereocenters. The average Bonchev–Trinajstić information content (AvgIpc) is 2.74. The number of nitrogens with zero attached hydrogens (tertiary/aromatic N) is 3. The van der Waals surface area contributed by atoms with Crippen LogP contribution < -0.4 is 0 Å². The van der Waals surface area contributed by atoms with Crippen LogP contribution in [0.1, 0.15) is 31.7 Å². The fourth-order valence-electron chi connectivity index (χ4n) is 1.81. The van der Waals surface area contributed by atoms with E-state index in [1.165, 1.54) is 12.7 Å². The highest BCUT2D eigenvalue weighted by atomic mass is 16.5. The molecule has 0 saturated carbocycles. The molecule has 0 radical (unpaired) electrons. The summed E-state index contributed by atoms with van der Waals surface area (Å²) in [5, 5.41) is 3.62. The minimum Gasteiger partial charge on any atom is -0.364 e. The monoisotopic (exact) mass is 179 g/mol. The first-order valence-electron chi connectivity index (χ1n) is 4.48. The second-order valence-electron chi connectivity index (χ2n) is 3.37. The molecule has 2 rings (SSSR count). The zero-order valence-corrected chi connectivity index (χ0v) is 7.73. The maximum absolute atomic E-state index is 5.05. The molecule has 1 saturated heterocycles. The summed E-state index contributed by atoms with van der Waals surface area (Å²) < 4.78 is 5.05. The van der Waals surface area contributed by atoms with Gasteiger partial charge in [0, 0.05) is 12.2 Å². The maximum Gasteiger partial charge on any atom is 0.249 e. The van der Waals surface area contributed by atoms with Gasteiger partial charge in [0.15, 0.2) is 6.33 Å². The SMILES string of the molecule is C=C(C)N1CCC[C@H]1c1ncno1. The van der Waals surface area contributed by atoms with E-state index < -0.39 is 0 Å². The van der Waals surface area contributed by atoms with Gasteiger partial charge < -0.3 is 9.42 Å². The third-order valence-electron chi connectivity index (χ3n) is 2.41. The molecular formula is C9H13N3O. The Balaban J connectivity index is 2.19. The third-order valence-corrected chi connectivity index (χ3v) is 2.41. The molecule has 1 aromatic heterocycles. The van der Waals surface area contributed by atoms with Gasteiger partial charge in [-0.25, -0.2) is 0 Å². The van der Waals surface area contributed by atoms with E-state index in [9.17, 15) is 0 Å². The number of likely N-dealkylation sites (tertiary alicyclic amines) is 1. The molecular weight excluding hydrogens is 166 g/mol. The van der Waals surface area contributed by atoms with Crippen LogP contribution in [0.4, 0.5) is 0 Å². The van der Waals surface area contributed by atoms with Crippen LogP contribution in [0.25, 0.3) is 0 Å². The Morgan fingerprint density at radius 2 is 2.62 bits per heavy atom. The van der Waals surface area contributed by atoms with Crippen LogP contribution in [0.15, 0.2) is 23.1 Å². The number of aromatic nitrogens is 2. The summed E-state index contributed by atoms with van der Waals surface area (Å²) in [6.45, 7) is 6.99. The largest absolute Gasteiger partial charge is 0.364 e. The van der Waals surface area contributed by atoms with Crippen molar-refractivity contribution in [2.75, 3.05) is 6.54 Å². The fourth-order valence-corrected chi connectivity index (χ4v) is 1.81. The molecule has 2 heterocycles. The Morgan fingerprint density at radius 1 is 1.77 bits per heavy atom. The molecule has 4 heteroatoms. The Kier molecular flexibility index (Phi) is 2.04. The van der Waals surface area contributed by atoms with Crippen molar-refractivity contribution in [3.05, 3.63) is 24.5 Å². The van der Waals surface area contributed by atoms with Crippen molar-refractivity contribution in [3.63, 3.8) is 0 Å². The quantitative estimate of drug-likeness (QED) is 0.693. The van der Waals surface area contributed by atoms with Gasteiger partial charge in [-0.3, -0.25) is 0 Å². The van der Waals surface area contributed by atoms with Gasteiger partial charge in [-0.1, -0.05) is 11.7 Å². The standard InChI is InChI=1S/C9H13N3O/c1-7(2)12-5-3-4-8(12)9-10-6-11-13-9/h6,8H,1,3-5H2,2H3/t8-/m0/s1. The molecule has 1 aliphatic heterocycles. The predicted molar refractivity (Wildman–Crippen MR) is 47.8 cm³/mol. The van der Waals surface area contributed by atoms with Gasteiger partial charge in [0.2, 0.25) is 5.89 Å². The first-order chi connectivity index (χ1) is 6.29. The van der Waals surface area contributed by atoms with Crippen LogP contribution in [-0.4, -0.2) is 21.6 Å². The molecule has 4 nitrogen and oxygen atoms in total. The molecule has 1 fully saturated rings. The summed E-state index contributed by atoms with van der Waals surface area (Å²) in [6, 6.07) is 0.250. The van der Waals surface area contributed by atoms with Crippen molar-refractivity contribution < 1.29 is 4.52 Å². The molecule has 1 aliphatic rings. The van der Waals surface area contributed by atoms with Crippen LogP contribution in [0.5, 0.6) is 0 Å². The Bertz CT molecular complexity index is 294. The third kappa shape index (κ3) is 1.43. The number of allylic oxidation sites excluding steroid dienone is 1. The molecule has 0 bridgehead atoms. The fraction of sp³-hybridized carbons (Fsp3) is 0.556. The number of hydrogen-bond donors (Lipinski definition) is 0. The maximum atomic E-state index is 5.05. The van der Waals surface area contributed by atoms with Crippen LogP contribution >= 0.6 is 0 Å². The van der Waals surface area contributed by atoms with Gasteiger partial charge in [-0.05, 0) is 19.8 Å². The lowest BCUT2D eigenvalue weighted by Gasteiger charge is -2.23. The topological polar surface area (TPSA) is 42.2 Å². The van der Waals surface area contributed by atoms with E-state index in [1.54, 1.807) is 0 Å². The minimum atomic E-state index is 0.250. The van der Waals surface area contributed by atoms with Gasteiger partial charge >= 0.3 is 0 Å². The summed E-state index contributed by atoms with van der Waals surface area (Å²) >= 11 is 0. The Hall–Kier alpha value is -1.32. The van der Waals surface area contributed by atoms with E-state index in [2.05, 4.69) is 21.6 Å². The molecule has 0 aromatic carbocycles. The molecule has 0 aliphatic carbocycles. The van der Waals surface area contributed by atoms with Crippen LogP contribution in [0, 0.1) is 0 Å². The van der Waals surface area contributed by atoms with E-state index in [1.807, 2.05) is 6.92 Å². The highest BCUT2D eigenvalue weighted by molar-refractivity contribution is 5.02. The number of rotatable bonds is 2. The van der Waals surface area contributed by atoms with E-state index in [4.69, 9.17) is 4.52 Å². The van der Waals surface area contributed by atoms with Gasteiger partial charge in [-0.15, -0.1) is 0 Å². The molecule has 70 valence electrons. The summed E-state index contributed by atoms with van der Waals surface area (Å²) in [6.07, 6.45) is 3.69. The smallest absolute Gasteiger partial charge is 0.249 e. The molecule has 0 N–H and O–H groups in total. The minimum absolute atomic E-state index is 0.250. The van der Waals surface area contributed by atoms with Gasteiger partial charge in [0.05, 0.1) is 0 Å². The molecule has 1 aromatic rings. The zero-order valence-electron chi connectivity index (χ0n) is 7.73. The van der Waals surface area contributed by atoms with Crippen molar-refractivity contribution in [1.82, 2.24) is 15.0 Å². The van der Waals surface area contributed by atoms with Gasteiger partial charge in [-0.2, -0.15) is 4.98 Å². The van der Waals surface area contributed by atoms with Gasteiger partial charge in [0.1, 0.15) is 6.04 Å². The Labute approximate surface area is 77.2 Å². The van der Waals surface area contributed by atoms with Crippen molar-refractivity contribution in [1.29, 1.82) is 0 Å². The van der Waals surface area contributed by atoms with Crippen molar-refractivity contribution >= 4 is 0 Å². The normalized spacial score (nSPS) is 22.2. The lowest BCUT2D eigenvalue weighted by molar-refractivity contribution is 0.252. The van der Waals surface area contributed by atoms with Crippen LogP contribution in [0.2, 0.25) is 0 Å². The second kappa shape index (κ2) is 3.20. The van der Waals surface area contributed by atoms with E-state index in [0.717, 1.165) is 18.7 Å². The second-order valence-corrected chi connectivity index (χ2v) is 3.37. The summed E-state index contributed by atoms with van der Waals surface area (Å²) in [4.78, 5) is 6.29.